The molecular weight excluding hydrogens is 523 g/mol. The molecule has 2 aliphatic carbocycles. The Kier molecular flexibility index (Phi) is 9.59. The molecule has 1 saturated carbocycles. The molecular formula is C32H45N2O5P. The van der Waals surface area contributed by atoms with E-state index in [0.717, 1.165) is 60.1 Å². The van der Waals surface area contributed by atoms with Crippen LogP contribution >= 0.6 is 7.60 Å². The molecule has 218 valence electrons. The van der Waals surface area contributed by atoms with Gasteiger partial charge < -0.3 is 19.1 Å². The van der Waals surface area contributed by atoms with Crippen LogP contribution in [-0.2, 0) is 18.3 Å². The van der Waals surface area contributed by atoms with Crippen LogP contribution in [0.3, 0.4) is 0 Å². The topological polar surface area (TPSA) is 86.2 Å². The first-order valence-corrected chi connectivity index (χ1v) is 16.2. The highest BCUT2D eigenvalue weighted by Gasteiger charge is 2.48. The van der Waals surface area contributed by atoms with E-state index in [2.05, 4.69) is 17.4 Å². The summed E-state index contributed by atoms with van der Waals surface area (Å²) in [6, 6.07) is 15.6. The summed E-state index contributed by atoms with van der Waals surface area (Å²) in [5.41, 5.74) is 4.15. The first-order chi connectivity index (χ1) is 18.9. The van der Waals surface area contributed by atoms with Crippen LogP contribution in [0.4, 0.5) is 4.79 Å². The largest absolute Gasteiger partial charge is 0.444 e. The standard InChI is InChI=1S/C32H45N2O5P/c1-21(2)38-40(36,39-22(3)4)30(28(23-15-9-8-10-16-23)34-31(35)37-32(5,6)7)33-29-26-19-13-11-17-24(26)25-18-12-14-20-27(25)29/h11-14,17-23,28,30H,8-10,15-16H2,1-7H3,(H,34,35). The average Bonchev–Trinajstić information content (AvgIpc) is 3.18. The third-order valence-electron chi connectivity index (χ3n) is 7.12. The van der Waals surface area contributed by atoms with Gasteiger partial charge in [-0.15, -0.1) is 0 Å². The molecule has 2 atom stereocenters. The van der Waals surface area contributed by atoms with E-state index in [4.69, 9.17) is 18.8 Å². The number of amides is 1. The molecule has 4 rings (SSSR count). The molecule has 2 aromatic carbocycles. The van der Waals surface area contributed by atoms with Gasteiger partial charge in [0.15, 0.2) is 5.78 Å². The van der Waals surface area contributed by atoms with Gasteiger partial charge in [-0.25, -0.2) is 4.79 Å². The van der Waals surface area contributed by atoms with Crippen molar-refractivity contribution in [1.82, 2.24) is 5.32 Å². The normalized spacial score (nSPS) is 17.4. The first kappa shape index (κ1) is 30.5. The monoisotopic (exact) mass is 568 g/mol. The van der Waals surface area contributed by atoms with Crippen molar-refractivity contribution in [3.63, 3.8) is 0 Å². The smallest absolute Gasteiger partial charge is 0.407 e. The van der Waals surface area contributed by atoms with Gasteiger partial charge in [0, 0.05) is 11.1 Å². The Hall–Kier alpha value is -2.47. The summed E-state index contributed by atoms with van der Waals surface area (Å²) >= 11 is 0. The lowest BCUT2D eigenvalue weighted by Gasteiger charge is -2.38. The molecule has 8 heteroatoms. The third-order valence-corrected chi connectivity index (χ3v) is 9.63. The second-order valence-corrected chi connectivity index (χ2v) is 14.4. The van der Waals surface area contributed by atoms with Gasteiger partial charge in [-0.1, -0.05) is 67.8 Å². The predicted octanol–water partition coefficient (Wildman–Crippen LogP) is 8.35. The maximum atomic E-state index is 15.0. The third kappa shape index (κ3) is 7.23. The van der Waals surface area contributed by atoms with Crippen LogP contribution in [0.5, 0.6) is 0 Å². The molecule has 1 amide bonds. The van der Waals surface area contributed by atoms with Crippen LogP contribution in [0.15, 0.2) is 53.5 Å². The molecule has 2 unspecified atom stereocenters. The average molecular weight is 569 g/mol. The molecule has 1 N–H and O–H groups in total. The molecule has 0 aliphatic heterocycles. The summed E-state index contributed by atoms with van der Waals surface area (Å²) in [5.74, 6) is -0.926. The minimum Gasteiger partial charge on any atom is -0.444 e. The number of alkyl carbamates (subject to hydrolysis) is 1. The van der Waals surface area contributed by atoms with Crippen LogP contribution in [0.2, 0.25) is 0 Å². The molecule has 1 fully saturated rings. The molecule has 0 heterocycles. The number of rotatable bonds is 9. The number of fused-ring (bicyclic) bond motifs is 3. The van der Waals surface area contributed by atoms with Crippen molar-refractivity contribution in [3.8, 4) is 11.1 Å². The maximum absolute atomic E-state index is 15.0. The minimum absolute atomic E-state index is 0.0439. The summed E-state index contributed by atoms with van der Waals surface area (Å²) in [7, 11) is -3.91. The fourth-order valence-corrected chi connectivity index (χ4v) is 8.17. The molecule has 7 nitrogen and oxygen atoms in total. The van der Waals surface area contributed by atoms with Crippen LogP contribution in [0, 0.1) is 5.92 Å². The summed E-state index contributed by atoms with van der Waals surface area (Å²) < 4.78 is 33.0. The van der Waals surface area contributed by atoms with Gasteiger partial charge in [0.05, 0.1) is 24.0 Å². The highest BCUT2D eigenvalue weighted by molar-refractivity contribution is 7.54. The summed E-state index contributed by atoms with van der Waals surface area (Å²) in [4.78, 5) is 18.6. The molecule has 2 aromatic rings. The van der Waals surface area contributed by atoms with E-state index in [-0.39, 0.29) is 18.1 Å². The van der Waals surface area contributed by atoms with Crippen molar-refractivity contribution in [2.75, 3.05) is 0 Å². The van der Waals surface area contributed by atoms with E-state index >= 15 is 0 Å². The van der Waals surface area contributed by atoms with E-state index < -0.39 is 31.1 Å². The van der Waals surface area contributed by atoms with Crippen LogP contribution in [-0.4, -0.2) is 41.4 Å². The van der Waals surface area contributed by atoms with Gasteiger partial charge in [0.2, 0.25) is 0 Å². The minimum atomic E-state index is -3.91. The molecule has 40 heavy (non-hydrogen) atoms. The van der Waals surface area contributed by atoms with Gasteiger partial charge in [0.25, 0.3) is 0 Å². The molecule has 0 bridgehead atoms. The number of benzene rings is 2. The van der Waals surface area contributed by atoms with Gasteiger partial charge in [-0.2, -0.15) is 0 Å². The fraction of sp³-hybridized carbons (Fsp3) is 0.562. The van der Waals surface area contributed by atoms with Crippen LogP contribution in [0.1, 0.15) is 91.7 Å². The Labute approximate surface area is 239 Å². The summed E-state index contributed by atoms with van der Waals surface area (Å²) in [6.45, 7) is 12.9. The number of carbonyl (C=O) groups is 1. The van der Waals surface area contributed by atoms with E-state index in [1.165, 1.54) is 0 Å². The zero-order valence-electron chi connectivity index (χ0n) is 25.0. The lowest BCUT2D eigenvalue weighted by molar-refractivity contribution is 0.0467. The van der Waals surface area contributed by atoms with Crippen LogP contribution < -0.4 is 5.32 Å². The van der Waals surface area contributed by atoms with E-state index in [9.17, 15) is 9.36 Å². The Morgan fingerprint density at radius 2 is 1.32 bits per heavy atom. The highest BCUT2D eigenvalue weighted by atomic mass is 31.2. The van der Waals surface area contributed by atoms with Gasteiger partial charge >= 0.3 is 13.7 Å². The second kappa shape index (κ2) is 12.6. The van der Waals surface area contributed by atoms with Gasteiger partial charge in [-0.3, -0.25) is 9.56 Å². The van der Waals surface area contributed by atoms with Crippen molar-refractivity contribution in [1.29, 1.82) is 0 Å². The zero-order valence-corrected chi connectivity index (χ0v) is 25.9. The highest BCUT2D eigenvalue weighted by Crippen LogP contribution is 2.58. The van der Waals surface area contributed by atoms with Crippen molar-refractivity contribution in [2.24, 2.45) is 10.9 Å². The van der Waals surface area contributed by atoms with Crippen molar-refractivity contribution in [3.05, 3.63) is 59.7 Å². The number of carbonyl (C=O) groups excluding carboxylic acids is 1. The lowest BCUT2D eigenvalue weighted by atomic mass is 9.83. The Morgan fingerprint density at radius 3 is 1.77 bits per heavy atom. The zero-order chi connectivity index (χ0) is 29.1. The van der Waals surface area contributed by atoms with E-state index in [0.29, 0.717) is 0 Å². The van der Waals surface area contributed by atoms with Gasteiger partial charge in [0.1, 0.15) is 5.60 Å². The number of aliphatic imine (C=N–C) groups is 1. The number of nitrogens with zero attached hydrogens (tertiary/aromatic N) is 1. The number of hydrogen-bond donors (Lipinski definition) is 1. The fourth-order valence-electron chi connectivity index (χ4n) is 5.72. The summed E-state index contributed by atoms with van der Waals surface area (Å²) in [6.07, 6.45) is 3.68. The van der Waals surface area contributed by atoms with Crippen molar-refractivity contribution in [2.45, 2.75) is 110 Å². The summed E-state index contributed by atoms with van der Waals surface area (Å²) in [5, 5.41) is 3.12. The molecule has 0 aromatic heterocycles. The number of hydrogen-bond acceptors (Lipinski definition) is 6. The predicted molar refractivity (Wildman–Crippen MR) is 161 cm³/mol. The Bertz CT molecular complexity index is 1200. The van der Waals surface area contributed by atoms with Crippen molar-refractivity contribution < 1.29 is 23.1 Å². The SMILES string of the molecule is CC(C)OP(=O)(OC(C)C)C(N=C1c2ccccc2-c2ccccc21)C(NC(=O)OC(C)(C)C)C1CCCCC1. The number of nitrogens with one attached hydrogen (secondary N) is 1. The number of ether oxygens (including phenoxy) is 1. The van der Waals surface area contributed by atoms with Gasteiger partial charge in [-0.05, 0) is 78.4 Å². The first-order valence-electron chi connectivity index (χ1n) is 14.6. The molecule has 2 aliphatic rings. The van der Waals surface area contributed by atoms with E-state index in [1.807, 2.05) is 84.9 Å². The van der Waals surface area contributed by atoms with Crippen molar-refractivity contribution >= 4 is 19.4 Å². The quantitative estimate of drug-likeness (QED) is 0.262. The molecule has 0 saturated heterocycles. The second-order valence-electron chi connectivity index (χ2n) is 12.4. The van der Waals surface area contributed by atoms with E-state index in [1.54, 1.807) is 0 Å². The molecule has 0 spiro atoms. The lowest BCUT2D eigenvalue weighted by Crippen LogP contribution is -2.50. The Balaban J connectivity index is 1.91. The molecule has 0 radical (unpaired) electrons. The maximum Gasteiger partial charge on any atom is 0.407 e. The van der Waals surface area contributed by atoms with Crippen LogP contribution in [0.25, 0.3) is 11.1 Å². The Morgan fingerprint density at radius 1 is 0.850 bits per heavy atom.